The molecule has 0 aliphatic heterocycles. The van der Waals surface area contributed by atoms with Crippen LogP contribution >= 0.6 is 15.9 Å². The van der Waals surface area contributed by atoms with E-state index < -0.39 is 0 Å². The van der Waals surface area contributed by atoms with Crippen molar-refractivity contribution in [1.82, 2.24) is 9.55 Å². The lowest BCUT2D eigenvalue weighted by Crippen LogP contribution is -2.08. The van der Waals surface area contributed by atoms with Gasteiger partial charge in [-0.3, -0.25) is 0 Å². The van der Waals surface area contributed by atoms with E-state index in [1.54, 1.807) is 0 Å². The van der Waals surface area contributed by atoms with E-state index in [1.165, 1.54) is 11.1 Å². The van der Waals surface area contributed by atoms with Crippen molar-refractivity contribution in [2.75, 3.05) is 0 Å². The lowest BCUT2D eigenvalue weighted by Gasteiger charge is -2.11. The molecule has 0 saturated heterocycles. The van der Waals surface area contributed by atoms with Gasteiger partial charge in [0, 0.05) is 11.0 Å². The fourth-order valence-corrected chi connectivity index (χ4v) is 3.42. The number of aromatic nitrogens is 2. The van der Waals surface area contributed by atoms with Crippen LogP contribution in [0.4, 0.5) is 0 Å². The minimum atomic E-state index is 0.441. The van der Waals surface area contributed by atoms with Crippen LogP contribution < -0.4 is 4.74 Å². The van der Waals surface area contributed by atoms with Crippen molar-refractivity contribution in [3.63, 3.8) is 0 Å². The number of fused-ring (bicyclic) bond motifs is 1. The molecule has 1 aromatic heterocycles. The molecule has 0 atom stereocenters. The molecule has 27 heavy (non-hydrogen) atoms. The van der Waals surface area contributed by atoms with Gasteiger partial charge in [0.2, 0.25) is 0 Å². The normalized spacial score (nSPS) is 11.0. The van der Waals surface area contributed by atoms with Crippen molar-refractivity contribution in [2.24, 2.45) is 0 Å². The highest BCUT2D eigenvalue weighted by Gasteiger charge is 2.11. The largest absolute Gasteiger partial charge is 0.486 e. The Hall–Kier alpha value is -2.59. The van der Waals surface area contributed by atoms with Crippen LogP contribution in [0.3, 0.4) is 0 Å². The van der Waals surface area contributed by atoms with E-state index in [2.05, 4.69) is 76.0 Å². The van der Waals surface area contributed by atoms with Gasteiger partial charge in [-0.05, 0) is 53.9 Å². The summed E-state index contributed by atoms with van der Waals surface area (Å²) in [5.41, 5.74) is 4.66. The molecule has 4 aromatic rings. The number of ether oxygens (including phenoxy) is 1. The summed E-state index contributed by atoms with van der Waals surface area (Å²) in [5, 5.41) is 0. The van der Waals surface area contributed by atoms with E-state index in [4.69, 9.17) is 9.72 Å². The van der Waals surface area contributed by atoms with Gasteiger partial charge in [0.25, 0.3) is 0 Å². The zero-order chi connectivity index (χ0) is 18.6. The van der Waals surface area contributed by atoms with Crippen LogP contribution in [0.2, 0.25) is 0 Å². The Labute approximate surface area is 167 Å². The highest BCUT2D eigenvalue weighted by Crippen LogP contribution is 2.21. The van der Waals surface area contributed by atoms with Gasteiger partial charge in [-0.1, -0.05) is 59.3 Å². The molecule has 1 heterocycles. The van der Waals surface area contributed by atoms with Crippen molar-refractivity contribution in [3.8, 4) is 5.75 Å². The predicted molar refractivity (Wildman–Crippen MR) is 113 cm³/mol. The summed E-state index contributed by atoms with van der Waals surface area (Å²) in [6, 6.07) is 24.9. The van der Waals surface area contributed by atoms with Gasteiger partial charge in [0.05, 0.1) is 11.0 Å². The summed E-state index contributed by atoms with van der Waals surface area (Å²) < 4.78 is 9.35. The molecule has 0 aliphatic rings. The summed E-state index contributed by atoms with van der Waals surface area (Å²) in [6.07, 6.45) is 1.03. The number of rotatable bonds is 6. The molecule has 0 fully saturated rings. The zero-order valence-electron chi connectivity index (χ0n) is 15.2. The van der Waals surface area contributed by atoms with Crippen LogP contribution in [-0.4, -0.2) is 9.55 Å². The standard InChI is InChI=1S/C23H21BrN2O/c1-2-17-9-13-20(14-10-17)27-16-23-25-21-5-3-4-6-22(21)26(23)15-18-7-11-19(24)12-8-18/h3-14H,2,15-16H2,1H3. The van der Waals surface area contributed by atoms with Gasteiger partial charge in [0.15, 0.2) is 0 Å². The molecule has 0 spiro atoms. The van der Waals surface area contributed by atoms with Gasteiger partial charge < -0.3 is 9.30 Å². The van der Waals surface area contributed by atoms with Gasteiger partial charge in [-0.2, -0.15) is 0 Å². The maximum atomic E-state index is 6.03. The van der Waals surface area contributed by atoms with Crippen molar-refractivity contribution in [2.45, 2.75) is 26.5 Å². The minimum Gasteiger partial charge on any atom is -0.486 e. The summed E-state index contributed by atoms with van der Waals surface area (Å²) in [4.78, 5) is 4.80. The number of hydrogen-bond acceptors (Lipinski definition) is 2. The van der Waals surface area contributed by atoms with E-state index in [-0.39, 0.29) is 0 Å². The first kappa shape index (κ1) is 17.8. The molecular weight excluding hydrogens is 400 g/mol. The van der Waals surface area contributed by atoms with Gasteiger partial charge in [-0.25, -0.2) is 4.98 Å². The summed E-state index contributed by atoms with van der Waals surface area (Å²) in [5.74, 6) is 1.80. The molecule has 3 aromatic carbocycles. The fraction of sp³-hybridized carbons (Fsp3) is 0.174. The molecular formula is C23H21BrN2O. The van der Waals surface area contributed by atoms with E-state index in [0.717, 1.165) is 40.0 Å². The van der Waals surface area contributed by atoms with Crippen molar-refractivity contribution >= 4 is 27.0 Å². The third-order valence-electron chi connectivity index (χ3n) is 4.69. The highest BCUT2D eigenvalue weighted by atomic mass is 79.9. The first-order valence-electron chi connectivity index (χ1n) is 9.13. The molecule has 136 valence electrons. The average molecular weight is 421 g/mol. The summed E-state index contributed by atoms with van der Waals surface area (Å²) in [7, 11) is 0. The smallest absolute Gasteiger partial charge is 0.148 e. The third kappa shape index (κ3) is 4.06. The Bertz CT molecular complexity index is 1040. The molecule has 0 radical (unpaired) electrons. The number of hydrogen-bond donors (Lipinski definition) is 0. The molecule has 0 bridgehead atoms. The molecule has 0 aliphatic carbocycles. The lowest BCUT2D eigenvalue weighted by molar-refractivity contribution is 0.291. The highest BCUT2D eigenvalue weighted by molar-refractivity contribution is 9.10. The molecule has 4 heteroatoms. The zero-order valence-corrected chi connectivity index (χ0v) is 16.8. The van der Waals surface area contributed by atoms with Crippen LogP contribution in [-0.2, 0) is 19.6 Å². The van der Waals surface area contributed by atoms with Crippen LogP contribution in [0.25, 0.3) is 11.0 Å². The van der Waals surface area contributed by atoms with E-state index in [1.807, 2.05) is 24.3 Å². The second kappa shape index (κ2) is 7.97. The molecule has 0 amide bonds. The molecule has 0 N–H and O–H groups in total. The summed E-state index contributed by atoms with van der Waals surface area (Å²) >= 11 is 3.50. The monoisotopic (exact) mass is 420 g/mol. The Kier molecular flexibility index (Phi) is 5.26. The maximum Gasteiger partial charge on any atom is 0.148 e. The van der Waals surface area contributed by atoms with E-state index in [0.29, 0.717) is 6.61 Å². The first-order valence-corrected chi connectivity index (χ1v) is 9.92. The van der Waals surface area contributed by atoms with Crippen LogP contribution in [0.15, 0.2) is 77.3 Å². The SMILES string of the molecule is CCc1ccc(OCc2nc3ccccc3n2Cc2ccc(Br)cc2)cc1. The van der Waals surface area contributed by atoms with Gasteiger partial charge in [-0.15, -0.1) is 0 Å². The predicted octanol–water partition coefficient (Wildman–Crippen LogP) is 5.99. The first-order chi connectivity index (χ1) is 13.2. The molecule has 0 saturated carbocycles. The average Bonchev–Trinajstić information content (AvgIpc) is 3.06. The second-order valence-corrected chi connectivity index (χ2v) is 7.43. The summed E-state index contributed by atoms with van der Waals surface area (Å²) in [6.45, 7) is 3.36. The third-order valence-corrected chi connectivity index (χ3v) is 5.22. The van der Waals surface area contributed by atoms with Crippen LogP contribution in [0, 0.1) is 0 Å². The van der Waals surface area contributed by atoms with Gasteiger partial charge >= 0.3 is 0 Å². The fourth-order valence-electron chi connectivity index (χ4n) is 3.15. The topological polar surface area (TPSA) is 27.1 Å². The number of aryl methyl sites for hydroxylation is 1. The maximum absolute atomic E-state index is 6.03. The number of benzene rings is 3. The molecule has 0 unspecified atom stereocenters. The Morgan fingerprint density at radius 1 is 0.889 bits per heavy atom. The van der Waals surface area contributed by atoms with Crippen LogP contribution in [0.5, 0.6) is 5.75 Å². The Morgan fingerprint density at radius 2 is 1.59 bits per heavy atom. The molecule has 4 rings (SSSR count). The quantitative estimate of drug-likeness (QED) is 0.383. The Balaban J connectivity index is 1.61. The van der Waals surface area contributed by atoms with Gasteiger partial charge in [0.1, 0.15) is 18.2 Å². The minimum absolute atomic E-state index is 0.441. The Morgan fingerprint density at radius 3 is 2.33 bits per heavy atom. The number of halogens is 1. The van der Waals surface area contributed by atoms with Crippen LogP contribution in [0.1, 0.15) is 23.9 Å². The number of imidazole rings is 1. The van der Waals surface area contributed by atoms with Crippen molar-refractivity contribution in [1.29, 1.82) is 0 Å². The lowest BCUT2D eigenvalue weighted by atomic mass is 10.2. The number of nitrogens with zero attached hydrogens (tertiary/aromatic N) is 2. The van der Waals surface area contributed by atoms with E-state index >= 15 is 0 Å². The van der Waals surface area contributed by atoms with Crippen molar-refractivity contribution in [3.05, 3.63) is 94.2 Å². The van der Waals surface area contributed by atoms with E-state index in [9.17, 15) is 0 Å². The molecule has 3 nitrogen and oxygen atoms in total. The van der Waals surface area contributed by atoms with Crippen molar-refractivity contribution < 1.29 is 4.74 Å². The number of para-hydroxylation sites is 2. The second-order valence-electron chi connectivity index (χ2n) is 6.52.